The first-order valence-corrected chi connectivity index (χ1v) is 9.70. The summed E-state index contributed by atoms with van der Waals surface area (Å²) >= 11 is 0. The molecule has 1 amide bonds. The van der Waals surface area contributed by atoms with Gasteiger partial charge >= 0.3 is 0 Å². The Hall–Kier alpha value is -2.93. The number of carbonyl (C=O) groups excluding carboxylic acids is 2. The molecule has 6 nitrogen and oxygen atoms in total. The molecule has 1 aromatic carbocycles. The highest BCUT2D eigenvalue weighted by Crippen LogP contribution is 2.39. The molecule has 154 valence electrons. The molecule has 0 aliphatic carbocycles. The second-order valence-corrected chi connectivity index (χ2v) is 6.97. The van der Waals surface area contributed by atoms with E-state index in [9.17, 15) is 19.1 Å². The highest BCUT2D eigenvalue weighted by Gasteiger charge is 2.47. The van der Waals surface area contributed by atoms with Crippen LogP contribution in [-0.2, 0) is 9.59 Å². The van der Waals surface area contributed by atoms with Crippen LogP contribution >= 0.6 is 0 Å². The fourth-order valence-corrected chi connectivity index (χ4v) is 3.56. The van der Waals surface area contributed by atoms with Crippen LogP contribution in [0.1, 0.15) is 37.0 Å². The summed E-state index contributed by atoms with van der Waals surface area (Å²) in [6.45, 7) is 8.37. The van der Waals surface area contributed by atoms with Crippen molar-refractivity contribution in [1.82, 2.24) is 9.80 Å². The van der Waals surface area contributed by atoms with Gasteiger partial charge in [0.2, 0.25) is 0 Å². The standard InChI is InChI=1S/C22H25FN2O4/c1-4-24(5-2)12-13-25-19(17-11-6-14(3)29-17)18(21(27)22(25)28)20(26)15-7-9-16(23)10-8-15/h6-11,19,26H,4-5,12-13H2,1-3H3/t19-/m1/s1. The Morgan fingerprint density at radius 1 is 1.14 bits per heavy atom. The number of aryl methyl sites for hydroxylation is 1. The second kappa shape index (κ2) is 8.61. The maximum absolute atomic E-state index is 13.3. The fourth-order valence-electron chi connectivity index (χ4n) is 3.56. The van der Waals surface area contributed by atoms with Crippen molar-refractivity contribution in [2.45, 2.75) is 26.8 Å². The molecule has 1 aromatic heterocycles. The highest BCUT2D eigenvalue weighted by molar-refractivity contribution is 6.46. The first kappa shape index (κ1) is 20.8. The Balaban J connectivity index is 2.06. The van der Waals surface area contributed by atoms with E-state index in [1.54, 1.807) is 19.1 Å². The van der Waals surface area contributed by atoms with Crippen molar-refractivity contribution >= 4 is 17.4 Å². The van der Waals surface area contributed by atoms with Crippen LogP contribution in [0.4, 0.5) is 4.39 Å². The van der Waals surface area contributed by atoms with Gasteiger partial charge in [-0.2, -0.15) is 0 Å². The predicted molar refractivity (Wildman–Crippen MR) is 107 cm³/mol. The van der Waals surface area contributed by atoms with Gasteiger partial charge < -0.3 is 19.3 Å². The van der Waals surface area contributed by atoms with Crippen molar-refractivity contribution in [2.24, 2.45) is 0 Å². The third-order valence-electron chi connectivity index (χ3n) is 5.24. The molecule has 2 aromatic rings. The number of carbonyl (C=O) groups is 2. The molecule has 0 unspecified atom stereocenters. The molecule has 1 atom stereocenters. The molecule has 1 aliphatic heterocycles. The molecule has 7 heteroatoms. The van der Waals surface area contributed by atoms with Gasteiger partial charge in [0.25, 0.3) is 11.7 Å². The van der Waals surface area contributed by atoms with Crippen LogP contribution in [0.3, 0.4) is 0 Å². The number of hydrogen-bond donors (Lipinski definition) is 1. The zero-order valence-corrected chi connectivity index (χ0v) is 16.8. The summed E-state index contributed by atoms with van der Waals surface area (Å²) in [5, 5.41) is 10.8. The first-order valence-electron chi connectivity index (χ1n) is 9.70. The minimum atomic E-state index is -0.829. The summed E-state index contributed by atoms with van der Waals surface area (Å²) in [6.07, 6.45) is 0. The zero-order chi connectivity index (χ0) is 21.1. The van der Waals surface area contributed by atoms with E-state index >= 15 is 0 Å². The van der Waals surface area contributed by atoms with Gasteiger partial charge in [-0.1, -0.05) is 13.8 Å². The molecule has 3 rings (SSSR count). The lowest BCUT2D eigenvalue weighted by molar-refractivity contribution is -0.140. The number of likely N-dealkylation sites (tertiary alicyclic amines) is 1. The second-order valence-electron chi connectivity index (χ2n) is 6.97. The molecule has 29 heavy (non-hydrogen) atoms. The van der Waals surface area contributed by atoms with Gasteiger partial charge in [0.15, 0.2) is 0 Å². The number of hydrogen-bond acceptors (Lipinski definition) is 5. The maximum atomic E-state index is 13.3. The summed E-state index contributed by atoms with van der Waals surface area (Å²) < 4.78 is 19.0. The Morgan fingerprint density at radius 2 is 1.79 bits per heavy atom. The van der Waals surface area contributed by atoms with Crippen LogP contribution in [0, 0.1) is 12.7 Å². The number of aliphatic hydroxyl groups is 1. The number of benzene rings is 1. The quantitative estimate of drug-likeness (QED) is 0.438. The summed E-state index contributed by atoms with van der Waals surface area (Å²) in [5.74, 6) is -1.21. The fraction of sp³-hybridized carbons (Fsp3) is 0.364. The largest absolute Gasteiger partial charge is 0.507 e. The molecule has 0 saturated carbocycles. The minimum absolute atomic E-state index is 0.0458. The SMILES string of the molecule is CCN(CC)CCN1C(=O)C(=O)C(=C(O)c2ccc(F)cc2)[C@H]1c1ccc(C)o1. The number of rotatable bonds is 7. The third-order valence-corrected chi connectivity index (χ3v) is 5.24. The lowest BCUT2D eigenvalue weighted by atomic mass is 9.99. The highest BCUT2D eigenvalue weighted by atomic mass is 19.1. The van der Waals surface area contributed by atoms with Crippen LogP contribution in [0.5, 0.6) is 0 Å². The molecule has 1 N–H and O–H groups in total. The smallest absolute Gasteiger partial charge is 0.295 e. The van der Waals surface area contributed by atoms with Crippen molar-refractivity contribution in [2.75, 3.05) is 26.2 Å². The number of halogens is 1. The van der Waals surface area contributed by atoms with E-state index in [0.29, 0.717) is 24.6 Å². The van der Waals surface area contributed by atoms with Crippen molar-refractivity contribution in [3.05, 3.63) is 64.9 Å². The predicted octanol–water partition coefficient (Wildman–Crippen LogP) is 3.49. The van der Waals surface area contributed by atoms with E-state index in [4.69, 9.17) is 4.42 Å². The van der Waals surface area contributed by atoms with Crippen molar-refractivity contribution in [3.8, 4) is 0 Å². The summed E-state index contributed by atoms with van der Waals surface area (Å²) in [6, 6.07) is 7.75. The topological polar surface area (TPSA) is 74.0 Å². The van der Waals surface area contributed by atoms with Gasteiger partial charge in [-0.15, -0.1) is 0 Å². The molecule has 1 aliphatic rings. The molecule has 1 fully saturated rings. The van der Waals surface area contributed by atoms with Gasteiger partial charge in [-0.3, -0.25) is 9.59 Å². The summed E-state index contributed by atoms with van der Waals surface area (Å²) in [7, 11) is 0. The van der Waals surface area contributed by atoms with E-state index < -0.39 is 23.5 Å². The number of Topliss-reactive ketones (excluding diaryl/α,β-unsaturated/α-hetero) is 1. The van der Waals surface area contributed by atoms with Gasteiger partial charge in [-0.25, -0.2) is 4.39 Å². The first-order chi connectivity index (χ1) is 13.9. The molecule has 0 spiro atoms. The summed E-state index contributed by atoms with van der Waals surface area (Å²) in [5.41, 5.74) is 0.219. The van der Waals surface area contributed by atoms with E-state index in [-0.39, 0.29) is 16.9 Å². The number of furan rings is 1. The Labute approximate surface area is 169 Å². The lowest BCUT2D eigenvalue weighted by Crippen LogP contribution is -2.37. The van der Waals surface area contributed by atoms with E-state index in [1.807, 2.05) is 13.8 Å². The third kappa shape index (κ3) is 4.10. The normalized spacial score (nSPS) is 18.8. The zero-order valence-electron chi connectivity index (χ0n) is 16.8. The summed E-state index contributed by atoms with van der Waals surface area (Å²) in [4.78, 5) is 29.2. The molecule has 0 bridgehead atoms. The molecule has 1 saturated heterocycles. The Morgan fingerprint density at radius 3 is 2.34 bits per heavy atom. The van der Waals surface area contributed by atoms with Crippen molar-refractivity contribution in [3.63, 3.8) is 0 Å². The monoisotopic (exact) mass is 400 g/mol. The van der Waals surface area contributed by atoms with Crippen LogP contribution in [0.2, 0.25) is 0 Å². The molecule has 2 heterocycles. The van der Waals surface area contributed by atoms with Crippen molar-refractivity contribution < 1.29 is 23.5 Å². The van der Waals surface area contributed by atoms with E-state index in [2.05, 4.69) is 4.90 Å². The van der Waals surface area contributed by atoms with E-state index in [0.717, 1.165) is 13.1 Å². The average Bonchev–Trinajstić information content (AvgIpc) is 3.24. The van der Waals surface area contributed by atoms with Gasteiger partial charge in [0, 0.05) is 18.7 Å². The number of nitrogens with zero attached hydrogens (tertiary/aromatic N) is 2. The number of likely N-dealkylation sites (N-methyl/N-ethyl adjacent to an activating group) is 1. The molecular weight excluding hydrogens is 375 g/mol. The Bertz CT molecular complexity index is 929. The maximum Gasteiger partial charge on any atom is 0.295 e. The van der Waals surface area contributed by atoms with Gasteiger partial charge in [0.1, 0.15) is 29.1 Å². The van der Waals surface area contributed by atoms with Crippen LogP contribution in [0.25, 0.3) is 5.76 Å². The minimum Gasteiger partial charge on any atom is -0.507 e. The van der Waals surface area contributed by atoms with Gasteiger partial charge in [-0.05, 0) is 56.4 Å². The number of amides is 1. The van der Waals surface area contributed by atoms with Crippen molar-refractivity contribution in [1.29, 1.82) is 0 Å². The number of ketones is 1. The van der Waals surface area contributed by atoms with Crippen LogP contribution in [-0.4, -0.2) is 52.8 Å². The van der Waals surface area contributed by atoms with E-state index in [1.165, 1.54) is 29.2 Å². The van der Waals surface area contributed by atoms with Crippen LogP contribution in [0.15, 0.2) is 46.4 Å². The number of aliphatic hydroxyl groups excluding tert-OH is 1. The Kier molecular flexibility index (Phi) is 6.17. The lowest BCUT2D eigenvalue weighted by Gasteiger charge is -2.26. The average molecular weight is 400 g/mol. The van der Waals surface area contributed by atoms with Gasteiger partial charge in [0.05, 0.1) is 5.57 Å². The van der Waals surface area contributed by atoms with Crippen LogP contribution < -0.4 is 0 Å². The molecule has 0 radical (unpaired) electrons. The molecular formula is C22H25FN2O4.